The van der Waals surface area contributed by atoms with Gasteiger partial charge in [-0.3, -0.25) is 9.59 Å². The number of benzene rings is 3. The number of hydrogen-bond acceptors (Lipinski definition) is 4. The van der Waals surface area contributed by atoms with Gasteiger partial charge in [0.2, 0.25) is 0 Å². The van der Waals surface area contributed by atoms with Crippen LogP contribution in [0.15, 0.2) is 72.8 Å². The highest BCUT2D eigenvalue weighted by atomic mass is 16.5. The molecule has 0 unspecified atom stereocenters. The molecule has 0 saturated heterocycles. The lowest BCUT2D eigenvalue weighted by atomic mass is 10.1. The van der Waals surface area contributed by atoms with Crippen LogP contribution in [0.5, 0.6) is 11.5 Å². The molecule has 0 aliphatic heterocycles. The molecule has 154 valence electrons. The summed E-state index contributed by atoms with van der Waals surface area (Å²) in [5, 5.41) is 5.71. The second-order valence-corrected chi connectivity index (χ2v) is 6.53. The minimum Gasteiger partial charge on any atom is -0.496 e. The van der Waals surface area contributed by atoms with Crippen molar-refractivity contribution in [2.75, 3.05) is 26.1 Å². The number of carbonyl (C=O) groups is 2. The molecular formula is C24H24N2O4. The zero-order valence-electron chi connectivity index (χ0n) is 17.0. The maximum atomic E-state index is 12.9. The Morgan fingerprint density at radius 2 is 1.37 bits per heavy atom. The van der Waals surface area contributed by atoms with Gasteiger partial charge in [0.25, 0.3) is 11.8 Å². The predicted molar refractivity (Wildman–Crippen MR) is 116 cm³/mol. The average Bonchev–Trinajstić information content (AvgIpc) is 2.79. The maximum absolute atomic E-state index is 12.9. The quantitative estimate of drug-likeness (QED) is 0.596. The van der Waals surface area contributed by atoms with Crippen molar-refractivity contribution in [2.24, 2.45) is 0 Å². The molecule has 0 saturated carbocycles. The largest absolute Gasteiger partial charge is 0.496 e. The van der Waals surface area contributed by atoms with Crippen LogP contribution in [-0.2, 0) is 6.42 Å². The molecule has 2 N–H and O–H groups in total. The monoisotopic (exact) mass is 404 g/mol. The molecular weight excluding hydrogens is 380 g/mol. The number of amides is 2. The molecule has 3 aromatic carbocycles. The Labute approximate surface area is 175 Å². The van der Waals surface area contributed by atoms with Crippen molar-refractivity contribution >= 4 is 17.5 Å². The normalized spacial score (nSPS) is 10.2. The summed E-state index contributed by atoms with van der Waals surface area (Å²) in [6.07, 6.45) is 0.708. The van der Waals surface area contributed by atoms with Crippen LogP contribution in [0.1, 0.15) is 26.3 Å². The van der Waals surface area contributed by atoms with Gasteiger partial charge < -0.3 is 20.1 Å². The van der Waals surface area contributed by atoms with Gasteiger partial charge in [0.05, 0.1) is 31.0 Å². The van der Waals surface area contributed by atoms with E-state index in [2.05, 4.69) is 10.6 Å². The van der Waals surface area contributed by atoms with E-state index in [0.717, 1.165) is 5.56 Å². The first kappa shape index (κ1) is 20.9. The van der Waals surface area contributed by atoms with E-state index in [9.17, 15) is 9.59 Å². The molecule has 0 bridgehead atoms. The lowest BCUT2D eigenvalue weighted by Gasteiger charge is -2.16. The number of nitrogens with one attached hydrogen (secondary N) is 2. The number of ether oxygens (including phenoxy) is 2. The van der Waals surface area contributed by atoms with Gasteiger partial charge in [-0.15, -0.1) is 0 Å². The fourth-order valence-corrected chi connectivity index (χ4v) is 3.09. The third-order valence-corrected chi connectivity index (χ3v) is 4.62. The Morgan fingerprint density at radius 3 is 2.10 bits per heavy atom. The van der Waals surface area contributed by atoms with Gasteiger partial charge in [-0.05, 0) is 36.2 Å². The summed E-state index contributed by atoms with van der Waals surface area (Å²) in [5.41, 5.74) is 2.13. The SMILES string of the molecule is COc1ccccc1C(=O)Nc1c(OC)cccc1C(=O)NCCc1ccccc1. The summed E-state index contributed by atoms with van der Waals surface area (Å²) in [6.45, 7) is 0.472. The van der Waals surface area contributed by atoms with Gasteiger partial charge in [-0.1, -0.05) is 48.5 Å². The highest BCUT2D eigenvalue weighted by molar-refractivity contribution is 6.11. The molecule has 0 aliphatic carbocycles. The Kier molecular flexibility index (Phi) is 7.05. The molecule has 3 rings (SSSR count). The first-order valence-electron chi connectivity index (χ1n) is 9.57. The van der Waals surface area contributed by atoms with Crippen molar-refractivity contribution in [1.82, 2.24) is 5.32 Å². The maximum Gasteiger partial charge on any atom is 0.259 e. The molecule has 0 heterocycles. The van der Waals surface area contributed by atoms with Gasteiger partial charge in [0.1, 0.15) is 11.5 Å². The first-order valence-corrected chi connectivity index (χ1v) is 9.57. The van der Waals surface area contributed by atoms with E-state index in [1.54, 1.807) is 42.5 Å². The number of rotatable bonds is 8. The standard InChI is InChI=1S/C24H24N2O4/c1-29-20-13-7-6-11-18(20)24(28)26-22-19(12-8-14-21(22)30-2)23(27)25-16-15-17-9-4-3-5-10-17/h3-14H,15-16H2,1-2H3,(H,25,27)(H,26,28). The number of para-hydroxylation sites is 2. The molecule has 0 aromatic heterocycles. The Morgan fingerprint density at radius 1 is 0.733 bits per heavy atom. The van der Waals surface area contributed by atoms with E-state index in [0.29, 0.717) is 41.3 Å². The zero-order valence-corrected chi connectivity index (χ0v) is 17.0. The van der Waals surface area contributed by atoms with Crippen molar-refractivity contribution in [3.05, 3.63) is 89.5 Å². The zero-order chi connectivity index (χ0) is 21.3. The summed E-state index contributed by atoms with van der Waals surface area (Å²) in [7, 11) is 2.99. The summed E-state index contributed by atoms with van der Waals surface area (Å²) >= 11 is 0. The van der Waals surface area contributed by atoms with E-state index >= 15 is 0 Å². The molecule has 3 aromatic rings. The van der Waals surface area contributed by atoms with E-state index in [4.69, 9.17) is 9.47 Å². The van der Waals surface area contributed by atoms with Gasteiger partial charge in [-0.25, -0.2) is 0 Å². The molecule has 30 heavy (non-hydrogen) atoms. The lowest BCUT2D eigenvalue weighted by molar-refractivity contribution is 0.0954. The number of hydrogen-bond donors (Lipinski definition) is 2. The minimum atomic E-state index is -0.393. The van der Waals surface area contributed by atoms with Crippen LogP contribution in [0, 0.1) is 0 Å². The molecule has 0 atom stereocenters. The van der Waals surface area contributed by atoms with E-state index in [1.165, 1.54) is 14.2 Å². The Bertz CT molecular complexity index is 1020. The number of anilines is 1. The highest BCUT2D eigenvalue weighted by Gasteiger charge is 2.20. The third kappa shape index (κ3) is 4.97. The topological polar surface area (TPSA) is 76.7 Å². The van der Waals surface area contributed by atoms with E-state index < -0.39 is 5.91 Å². The van der Waals surface area contributed by atoms with Crippen LogP contribution < -0.4 is 20.1 Å². The van der Waals surface area contributed by atoms with E-state index in [1.807, 2.05) is 30.3 Å². The summed E-state index contributed by atoms with van der Waals surface area (Å²) in [5.74, 6) is 0.156. The van der Waals surface area contributed by atoms with Crippen molar-refractivity contribution in [3.8, 4) is 11.5 Å². The Hall–Kier alpha value is -3.80. The second-order valence-electron chi connectivity index (χ2n) is 6.53. The van der Waals surface area contributed by atoms with Gasteiger partial charge in [-0.2, -0.15) is 0 Å². The number of methoxy groups -OCH3 is 2. The van der Waals surface area contributed by atoms with Crippen LogP contribution in [0.25, 0.3) is 0 Å². The first-order chi connectivity index (χ1) is 14.6. The van der Waals surface area contributed by atoms with Gasteiger partial charge in [0.15, 0.2) is 0 Å². The summed E-state index contributed by atoms with van der Waals surface area (Å²) in [4.78, 5) is 25.7. The van der Waals surface area contributed by atoms with Crippen LogP contribution in [0.3, 0.4) is 0 Å². The van der Waals surface area contributed by atoms with Crippen molar-refractivity contribution in [2.45, 2.75) is 6.42 Å². The van der Waals surface area contributed by atoms with Crippen LogP contribution in [-0.4, -0.2) is 32.6 Å². The highest BCUT2D eigenvalue weighted by Crippen LogP contribution is 2.30. The van der Waals surface area contributed by atoms with Crippen molar-refractivity contribution in [1.29, 1.82) is 0 Å². The van der Waals surface area contributed by atoms with Crippen molar-refractivity contribution < 1.29 is 19.1 Å². The number of carbonyl (C=O) groups excluding carboxylic acids is 2. The van der Waals surface area contributed by atoms with Gasteiger partial charge in [0, 0.05) is 6.54 Å². The fraction of sp³-hybridized carbons (Fsp3) is 0.167. The molecule has 2 amide bonds. The molecule has 6 heteroatoms. The summed E-state index contributed by atoms with van der Waals surface area (Å²) < 4.78 is 10.6. The second kappa shape index (κ2) is 10.1. The van der Waals surface area contributed by atoms with Crippen LogP contribution >= 0.6 is 0 Å². The average molecular weight is 404 g/mol. The van der Waals surface area contributed by atoms with Crippen LogP contribution in [0.2, 0.25) is 0 Å². The smallest absolute Gasteiger partial charge is 0.259 e. The van der Waals surface area contributed by atoms with E-state index in [-0.39, 0.29) is 5.91 Å². The minimum absolute atomic E-state index is 0.292. The van der Waals surface area contributed by atoms with Gasteiger partial charge >= 0.3 is 0 Å². The molecule has 0 fully saturated rings. The van der Waals surface area contributed by atoms with Crippen molar-refractivity contribution in [3.63, 3.8) is 0 Å². The molecule has 0 radical (unpaired) electrons. The van der Waals surface area contributed by atoms with Crippen LogP contribution in [0.4, 0.5) is 5.69 Å². The molecule has 0 spiro atoms. The molecule has 6 nitrogen and oxygen atoms in total. The Balaban J connectivity index is 1.78. The fourth-order valence-electron chi connectivity index (χ4n) is 3.09. The lowest BCUT2D eigenvalue weighted by Crippen LogP contribution is -2.27. The third-order valence-electron chi connectivity index (χ3n) is 4.62. The predicted octanol–water partition coefficient (Wildman–Crippen LogP) is 3.93. The molecule has 0 aliphatic rings. The summed E-state index contributed by atoms with van der Waals surface area (Å²) in [6, 6.07) is 21.8.